The van der Waals surface area contributed by atoms with E-state index in [2.05, 4.69) is 29.9 Å². The lowest BCUT2D eigenvalue weighted by Crippen LogP contribution is -2.58. The van der Waals surface area contributed by atoms with Gasteiger partial charge in [0.25, 0.3) is 0 Å². The number of carbonyl (C=O) groups is 1. The Morgan fingerprint density at radius 3 is 2.54 bits per heavy atom. The van der Waals surface area contributed by atoms with Crippen molar-refractivity contribution >= 4 is 23.5 Å². The monoisotopic (exact) mass is 543 g/mol. The van der Waals surface area contributed by atoms with Crippen LogP contribution in [0.2, 0.25) is 0 Å². The van der Waals surface area contributed by atoms with Crippen LogP contribution in [0, 0.1) is 5.41 Å². The lowest BCUT2D eigenvalue weighted by Gasteiger charge is -2.48. The van der Waals surface area contributed by atoms with Crippen molar-refractivity contribution in [3.63, 3.8) is 0 Å². The van der Waals surface area contributed by atoms with Gasteiger partial charge in [-0.1, -0.05) is 0 Å². The van der Waals surface area contributed by atoms with E-state index in [4.69, 9.17) is 9.72 Å². The van der Waals surface area contributed by atoms with Crippen molar-refractivity contribution in [2.24, 2.45) is 5.41 Å². The average Bonchev–Trinajstić information content (AvgIpc) is 3.28. The number of halogens is 3. The van der Waals surface area contributed by atoms with Gasteiger partial charge in [-0.3, -0.25) is 4.98 Å². The third-order valence-electron chi connectivity index (χ3n) is 6.32. The number of pyridine rings is 2. The minimum Gasteiger partial charge on any atom is -0.444 e. The van der Waals surface area contributed by atoms with Crippen LogP contribution in [0.1, 0.15) is 27.2 Å². The molecule has 206 valence electrons. The first-order valence-electron chi connectivity index (χ1n) is 12.4. The summed E-state index contributed by atoms with van der Waals surface area (Å²) in [7, 11) is 0. The first kappa shape index (κ1) is 26.4. The summed E-state index contributed by atoms with van der Waals surface area (Å²) >= 11 is 0. The zero-order valence-electron chi connectivity index (χ0n) is 21.7. The maximum atomic E-state index is 12.7. The largest absolute Gasteiger partial charge is 0.573 e. The molecule has 2 aliphatic rings. The van der Waals surface area contributed by atoms with Crippen molar-refractivity contribution in [1.82, 2.24) is 24.8 Å². The Kier molecular flexibility index (Phi) is 6.69. The second-order valence-electron chi connectivity index (χ2n) is 10.7. The molecule has 5 rings (SSSR count). The van der Waals surface area contributed by atoms with Crippen LogP contribution in [0.15, 0.2) is 48.9 Å². The molecule has 3 aromatic heterocycles. The van der Waals surface area contributed by atoms with Crippen LogP contribution < -0.4 is 15.0 Å². The van der Waals surface area contributed by atoms with Gasteiger partial charge in [0, 0.05) is 67.9 Å². The van der Waals surface area contributed by atoms with E-state index in [-0.39, 0.29) is 17.3 Å². The van der Waals surface area contributed by atoms with Crippen molar-refractivity contribution in [1.29, 1.82) is 0 Å². The number of hydrogen-bond acceptors (Lipinski definition) is 9. The fourth-order valence-corrected chi connectivity index (χ4v) is 4.69. The summed E-state index contributed by atoms with van der Waals surface area (Å²) in [6.45, 7) is 8.12. The standard InChI is InChI=1S/C26H28F3N7O3/c1-24(2,3)39-23(37)35-10-7-25(14-35)15-36(16-25)21-12-20(33-22(34-21)17-5-4-8-30-13-17)32-19-11-18(6-9-31-19)38-26(27,28)29/h4-6,8-9,11-13H,7,10,14-16H2,1-3H3,(H,31,32,33,34). The smallest absolute Gasteiger partial charge is 0.444 e. The summed E-state index contributed by atoms with van der Waals surface area (Å²) in [6, 6.07) is 7.56. The molecule has 0 aliphatic carbocycles. The van der Waals surface area contributed by atoms with Gasteiger partial charge in [-0.15, -0.1) is 13.2 Å². The molecule has 3 aromatic rings. The molecular weight excluding hydrogens is 515 g/mol. The zero-order valence-corrected chi connectivity index (χ0v) is 21.7. The first-order valence-corrected chi connectivity index (χ1v) is 12.4. The zero-order chi connectivity index (χ0) is 27.8. The number of hydrogen-bond donors (Lipinski definition) is 1. The predicted molar refractivity (Wildman–Crippen MR) is 137 cm³/mol. The van der Waals surface area contributed by atoms with Crippen LogP contribution >= 0.6 is 0 Å². The molecule has 0 aromatic carbocycles. The SMILES string of the molecule is CC(C)(C)OC(=O)N1CCC2(C1)CN(c1cc(Nc3cc(OC(F)(F)F)ccn3)nc(-c3cccnc3)n1)C2. The van der Waals surface area contributed by atoms with Gasteiger partial charge in [0.15, 0.2) is 5.82 Å². The molecule has 2 saturated heterocycles. The van der Waals surface area contributed by atoms with Gasteiger partial charge in [0.05, 0.1) is 0 Å². The lowest BCUT2D eigenvalue weighted by atomic mass is 9.79. The van der Waals surface area contributed by atoms with Crippen molar-refractivity contribution in [3.8, 4) is 17.1 Å². The molecule has 10 nitrogen and oxygen atoms in total. The molecular formula is C26H28F3N7O3. The molecule has 2 fully saturated rings. The van der Waals surface area contributed by atoms with Crippen molar-refractivity contribution in [2.45, 2.75) is 39.2 Å². The highest BCUT2D eigenvalue weighted by Gasteiger charge is 2.50. The van der Waals surface area contributed by atoms with Crippen LogP contribution in [0.4, 0.5) is 35.4 Å². The van der Waals surface area contributed by atoms with Gasteiger partial charge < -0.3 is 24.6 Å². The van der Waals surface area contributed by atoms with Gasteiger partial charge >= 0.3 is 12.5 Å². The summed E-state index contributed by atoms with van der Waals surface area (Å²) in [4.78, 5) is 33.9. The van der Waals surface area contributed by atoms with E-state index in [9.17, 15) is 18.0 Å². The Labute approximate surface area is 223 Å². The number of rotatable bonds is 5. The highest BCUT2D eigenvalue weighted by Crippen LogP contribution is 2.42. The fourth-order valence-electron chi connectivity index (χ4n) is 4.69. The van der Waals surface area contributed by atoms with Crippen LogP contribution in [0.3, 0.4) is 0 Å². The van der Waals surface area contributed by atoms with Crippen LogP contribution in [0.5, 0.6) is 5.75 Å². The normalized spacial score (nSPS) is 16.7. The number of amides is 1. The summed E-state index contributed by atoms with van der Waals surface area (Å²) in [6.07, 6.45) is 0.202. The fraction of sp³-hybridized carbons (Fsp3) is 0.423. The molecule has 0 radical (unpaired) electrons. The number of ether oxygens (including phenoxy) is 2. The maximum absolute atomic E-state index is 12.7. The third kappa shape index (κ3) is 6.47. The van der Waals surface area contributed by atoms with E-state index in [1.54, 1.807) is 29.4 Å². The molecule has 1 amide bonds. The van der Waals surface area contributed by atoms with Gasteiger partial charge in [-0.2, -0.15) is 0 Å². The Hall–Kier alpha value is -4.16. The first-order chi connectivity index (χ1) is 18.4. The summed E-state index contributed by atoms with van der Waals surface area (Å²) in [5, 5.41) is 2.96. The van der Waals surface area contributed by atoms with Crippen molar-refractivity contribution in [2.75, 3.05) is 36.4 Å². The number of nitrogens with zero attached hydrogens (tertiary/aromatic N) is 6. The maximum Gasteiger partial charge on any atom is 0.573 e. The molecule has 2 aliphatic heterocycles. The summed E-state index contributed by atoms with van der Waals surface area (Å²) in [5.41, 5.74) is 0.0600. The van der Waals surface area contributed by atoms with Crippen molar-refractivity contribution < 1.29 is 27.4 Å². The number of aromatic nitrogens is 4. The molecule has 13 heteroatoms. The van der Waals surface area contributed by atoms with Crippen LogP contribution in [0.25, 0.3) is 11.4 Å². The molecule has 1 N–H and O–H groups in total. The van der Waals surface area contributed by atoms with Crippen molar-refractivity contribution in [3.05, 3.63) is 48.9 Å². The second kappa shape index (κ2) is 9.86. The molecule has 0 unspecified atom stereocenters. The number of nitrogens with one attached hydrogen (secondary N) is 1. The summed E-state index contributed by atoms with van der Waals surface area (Å²) < 4.78 is 47.5. The van der Waals surface area contributed by atoms with E-state index >= 15 is 0 Å². The highest BCUT2D eigenvalue weighted by atomic mass is 19.4. The Morgan fingerprint density at radius 2 is 1.85 bits per heavy atom. The number of alkyl halides is 3. The third-order valence-corrected chi connectivity index (χ3v) is 6.32. The Bertz CT molecular complexity index is 1340. The van der Waals surface area contributed by atoms with Gasteiger partial charge in [0.1, 0.15) is 28.8 Å². The minimum absolute atomic E-state index is 0.0608. The van der Waals surface area contributed by atoms with Gasteiger partial charge in [-0.25, -0.2) is 19.7 Å². The molecule has 0 atom stereocenters. The lowest BCUT2D eigenvalue weighted by molar-refractivity contribution is -0.274. The Morgan fingerprint density at radius 1 is 1.05 bits per heavy atom. The van der Waals surface area contributed by atoms with Crippen LogP contribution in [-0.4, -0.2) is 69.1 Å². The second-order valence-corrected chi connectivity index (χ2v) is 10.7. The quantitative estimate of drug-likeness (QED) is 0.475. The van der Waals surface area contributed by atoms with Gasteiger partial charge in [-0.05, 0) is 45.4 Å². The average molecular weight is 544 g/mol. The van der Waals surface area contributed by atoms with E-state index < -0.39 is 17.7 Å². The van der Waals surface area contributed by atoms with E-state index in [1.165, 1.54) is 6.20 Å². The van der Waals surface area contributed by atoms with E-state index in [0.29, 0.717) is 49.2 Å². The predicted octanol–water partition coefficient (Wildman–Crippen LogP) is 5.02. The number of anilines is 3. The molecule has 39 heavy (non-hydrogen) atoms. The highest BCUT2D eigenvalue weighted by molar-refractivity contribution is 5.69. The molecule has 1 spiro atoms. The van der Waals surface area contributed by atoms with E-state index in [1.807, 2.05) is 26.8 Å². The molecule has 0 bridgehead atoms. The summed E-state index contributed by atoms with van der Waals surface area (Å²) in [5.74, 6) is 1.10. The minimum atomic E-state index is -4.82. The molecule has 5 heterocycles. The van der Waals surface area contributed by atoms with Crippen LogP contribution in [-0.2, 0) is 4.74 Å². The number of likely N-dealkylation sites (tertiary alicyclic amines) is 1. The number of carbonyl (C=O) groups excluding carboxylic acids is 1. The van der Waals surface area contributed by atoms with Gasteiger partial charge in [0.2, 0.25) is 0 Å². The molecule has 0 saturated carbocycles. The van der Waals surface area contributed by atoms with E-state index in [0.717, 1.165) is 18.6 Å². The topological polar surface area (TPSA) is 106 Å². The Balaban J connectivity index is 1.35.